The molecule has 0 spiro atoms. The molecule has 0 saturated heterocycles. The van der Waals surface area contributed by atoms with Crippen molar-refractivity contribution in [1.82, 2.24) is 0 Å². The fourth-order valence-corrected chi connectivity index (χ4v) is 1.34. The highest BCUT2D eigenvalue weighted by molar-refractivity contribution is 6.25. The maximum absolute atomic E-state index is 5.58. The fourth-order valence-electron chi connectivity index (χ4n) is 1.27. The number of nitrogens with one attached hydrogen (secondary N) is 1. The second-order valence-electron chi connectivity index (χ2n) is 4.09. The lowest BCUT2D eigenvalue weighted by Gasteiger charge is -2.09. The molecule has 0 radical (unpaired) electrons. The van der Waals surface area contributed by atoms with Crippen molar-refractivity contribution in [2.45, 2.75) is 26.7 Å². The van der Waals surface area contributed by atoms with Crippen LogP contribution in [0.25, 0.3) is 0 Å². The topological polar surface area (TPSA) is 12.0 Å². The molecule has 0 aliphatic carbocycles. The van der Waals surface area contributed by atoms with Gasteiger partial charge >= 0.3 is 0 Å². The quantitative estimate of drug-likeness (QED) is 0.800. The summed E-state index contributed by atoms with van der Waals surface area (Å²) < 4.78 is 0. The molecule has 1 N–H and O–H groups in total. The van der Waals surface area contributed by atoms with Crippen LogP contribution in [0.5, 0.6) is 0 Å². The Morgan fingerprint density at radius 1 is 1.33 bits per heavy atom. The molecule has 1 nitrogen and oxygen atoms in total. The van der Waals surface area contributed by atoms with E-state index in [0.717, 1.165) is 17.8 Å². The van der Waals surface area contributed by atoms with Crippen molar-refractivity contribution in [3.8, 4) is 0 Å². The van der Waals surface area contributed by atoms with Gasteiger partial charge < -0.3 is 5.32 Å². The Kier molecular flexibility index (Phi) is 4.70. The second kappa shape index (κ2) is 5.82. The van der Waals surface area contributed by atoms with Crippen molar-refractivity contribution in [3.05, 3.63) is 40.9 Å². The van der Waals surface area contributed by atoms with Gasteiger partial charge in [0, 0.05) is 17.8 Å². The highest BCUT2D eigenvalue weighted by Gasteiger charge is 1.98. The Balaban J connectivity index is 2.57. The molecule has 0 heterocycles. The van der Waals surface area contributed by atoms with Crippen molar-refractivity contribution in [2.75, 3.05) is 11.9 Å². The Morgan fingerprint density at radius 2 is 1.93 bits per heavy atom. The van der Waals surface area contributed by atoms with Crippen LogP contribution in [0.1, 0.15) is 32.3 Å². The molecule has 0 aliphatic heterocycles. The van der Waals surface area contributed by atoms with Gasteiger partial charge in [-0.25, -0.2) is 0 Å². The maximum atomic E-state index is 5.58. The van der Waals surface area contributed by atoms with E-state index in [-0.39, 0.29) is 0 Å². The minimum atomic E-state index is 0.587. The van der Waals surface area contributed by atoms with Crippen molar-refractivity contribution >= 4 is 17.3 Å². The first-order chi connectivity index (χ1) is 7.13. The van der Waals surface area contributed by atoms with Crippen LogP contribution in [0.15, 0.2) is 35.4 Å². The van der Waals surface area contributed by atoms with Gasteiger partial charge in [-0.15, -0.1) is 0 Å². The average molecular weight is 224 g/mol. The van der Waals surface area contributed by atoms with Gasteiger partial charge in [0.15, 0.2) is 0 Å². The van der Waals surface area contributed by atoms with Gasteiger partial charge in [-0.2, -0.15) is 0 Å². The molecule has 15 heavy (non-hydrogen) atoms. The van der Waals surface area contributed by atoms with E-state index in [1.807, 2.05) is 6.92 Å². The molecule has 1 aromatic rings. The largest absolute Gasteiger partial charge is 0.381 e. The Hall–Kier alpha value is -0.950. The molecule has 1 aromatic carbocycles. The van der Waals surface area contributed by atoms with Crippen LogP contribution in [-0.4, -0.2) is 6.54 Å². The van der Waals surface area contributed by atoms with E-state index < -0.39 is 0 Å². The summed E-state index contributed by atoms with van der Waals surface area (Å²) in [6, 6.07) is 8.53. The van der Waals surface area contributed by atoms with Crippen molar-refractivity contribution in [1.29, 1.82) is 0 Å². The normalized spacial score (nSPS) is 11.9. The molecular formula is C13H18ClN. The van der Waals surface area contributed by atoms with Crippen molar-refractivity contribution in [3.63, 3.8) is 0 Å². The first-order valence-electron chi connectivity index (χ1n) is 5.23. The fraction of sp³-hybridized carbons (Fsp3) is 0.385. The lowest BCUT2D eigenvalue weighted by Crippen LogP contribution is -2.02. The molecule has 0 bridgehead atoms. The summed E-state index contributed by atoms with van der Waals surface area (Å²) in [7, 11) is 0. The maximum Gasteiger partial charge on any atom is 0.0369 e. The number of hydrogen-bond acceptors (Lipinski definition) is 1. The van der Waals surface area contributed by atoms with Crippen LogP contribution in [0.3, 0.4) is 0 Å². The number of rotatable bonds is 4. The zero-order chi connectivity index (χ0) is 11.3. The number of anilines is 1. The van der Waals surface area contributed by atoms with Gasteiger partial charge in [-0.05, 0) is 36.1 Å². The van der Waals surface area contributed by atoms with Gasteiger partial charge in [0.2, 0.25) is 0 Å². The summed E-state index contributed by atoms with van der Waals surface area (Å²) in [6.45, 7) is 7.19. The Bertz CT molecular complexity index is 325. The standard InChI is InChI=1S/C13H18ClN/c1-10(2)12-4-6-13(7-5-12)15-9-11(3)8-14/h4-8,10,15H,9H2,1-3H3/b11-8+. The van der Waals surface area contributed by atoms with Gasteiger partial charge in [0.05, 0.1) is 0 Å². The first-order valence-corrected chi connectivity index (χ1v) is 5.67. The van der Waals surface area contributed by atoms with Gasteiger partial charge in [0.1, 0.15) is 0 Å². The van der Waals surface area contributed by atoms with E-state index in [0.29, 0.717) is 5.92 Å². The summed E-state index contributed by atoms with van der Waals surface area (Å²) in [5.74, 6) is 0.587. The summed E-state index contributed by atoms with van der Waals surface area (Å²) in [6.07, 6.45) is 0. The molecule has 0 amide bonds. The van der Waals surface area contributed by atoms with Gasteiger partial charge in [0.25, 0.3) is 0 Å². The van der Waals surface area contributed by atoms with Gasteiger partial charge in [-0.1, -0.05) is 37.6 Å². The van der Waals surface area contributed by atoms with E-state index in [2.05, 4.69) is 43.4 Å². The third kappa shape index (κ3) is 3.96. The van der Waals surface area contributed by atoms with Crippen LogP contribution in [-0.2, 0) is 0 Å². The van der Waals surface area contributed by atoms with E-state index in [4.69, 9.17) is 11.6 Å². The molecule has 0 fully saturated rings. The van der Waals surface area contributed by atoms with Crippen LogP contribution in [0.2, 0.25) is 0 Å². The summed E-state index contributed by atoms with van der Waals surface area (Å²) >= 11 is 5.58. The Labute approximate surface area is 97.1 Å². The SMILES string of the molecule is C/C(=C\Cl)CNc1ccc(C(C)C)cc1. The number of benzene rings is 1. The summed E-state index contributed by atoms with van der Waals surface area (Å²) in [4.78, 5) is 0. The van der Waals surface area contributed by atoms with E-state index in [1.165, 1.54) is 5.56 Å². The third-order valence-corrected chi connectivity index (χ3v) is 2.71. The molecule has 0 atom stereocenters. The lowest BCUT2D eigenvalue weighted by atomic mass is 10.0. The molecule has 1 rings (SSSR count). The summed E-state index contributed by atoms with van der Waals surface area (Å²) in [5, 5.41) is 3.31. The molecular weight excluding hydrogens is 206 g/mol. The summed E-state index contributed by atoms with van der Waals surface area (Å²) in [5.41, 5.74) is 5.24. The lowest BCUT2D eigenvalue weighted by molar-refractivity contribution is 0.867. The monoisotopic (exact) mass is 223 g/mol. The van der Waals surface area contributed by atoms with Crippen LogP contribution in [0, 0.1) is 0 Å². The van der Waals surface area contributed by atoms with Crippen LogP contribution in [0.4, 0.5) is 5.69 Å². The van der Waals surface area contributed by atoms with Crippen molar-refractivity contribution < 1.29 is 0 Å². The molecule has 0 aliphatic rings. The highest BCUT2D eigenvalue weighted by Crippen LogP contribution is 2.17. The Morgan fingerprint density at radius 3 is 2.40 bits per heavy atom. The number of halogens is 1. The minimum absolute atomic E-state index is 0.587. The predicted molar refractivity (Wildman–Crippen MR) is 68.6 cm³/mol. The van der Waals surface area contributed by atoms with Crippen molar-refractivity contribution in [2.24, 2.45) is 0 Å². The van der Waals surface area contributed by atoms with E-state index in [9.17, 15) is 0 Å². The average Bonchev–Trinajstić information content (AvgIpc) is 2.26. The van der Waals surface area contributed by atoms with Gasteiger partial charge in [-0.3, -0.25) is 0 Å². The second-order valence-corrected chi connectivity index (χ2v) is 4.30. The third-order valence-electron chi connectivity index (χ3n) is 2.33. The molecule has 2 heteroatoms. The van der Waals surface area contributed by atoms with E-state index >= 15 is 0 Å². The molecule has 82 valence electrons. The molecule has 0 aromatic heterocycles. The van der Waals surface area contributed by atoms with Crippen LogP contribution >= 0.6 is 11.6 Å². The smallest absolute Gasteiger partial charge is 0.0369 e. The van der Waals surface area contributed by atoms with Crippen LogP contribution < -0.4 is 5.32 Å². The first kappa shape index (κ1) is 12.1. The minimum Gasteiger partial charge on any atom is -0.381 e. The van der Waals surface area contributed by atoms with E-state index in [1.54, 1.807) is 5.54 Å². The highest BCUT2D eigenvalue weighted by atomic mass is 35.5. The zero-order valence-electron chi connectivity index (χ0n) is 9.55. The predicted octanol–water partition coefficient (Wildman–Crippen LogP) is 4.36. The molecule has 0 saturated carbocycles. The molecule has 0 unspecified atom stereocenters. The zero-order valence-corrected chi connectivity index (χ0v) is 10.3. The number of hydrogen-bond donors (Lipinski definition) is 1.